The van der Waals surface area contributed by atoms with Gasteiger partial charge in [0.1, 0.15) is 0 Å². The highest BCUT2D eigenvalue weighted by molar-refractivity contribution is 6.43. The average molecular weight is 500 g/mol. The zero-order valence-electron chi connectivity index (χ0n) is 19.3. The second-order valence-electron chi connectivity index (χ2n) is 9.20. The van der Waals surface area contributed by atoms with E-state index in [1.807, 2.05) is 18.2 Å². The molecule has 0 unspecified atom stereocenters. The molecule has 2 aliphatic rings. The van der Waals surface area contributed by atoms with Gasteiger partial charge in [-0.1, -0.05) is 35.3 Å². The third kappa shape index (κ3) is 6.56. The Morgan fingerprint density at radius 1 is 1.03 bits per heavy atom. The zero-order chi connectivity index (χ0) is 23.9. The molecule has 1 heterocycles. The number of nitriles is 1. The van der Waals surface area contributed by atoms with Gasteiger partial charge in [-0.15, -0.1) is 0 Å². The number of nitrogens with zero attached hydrogens (tertiary/aromatic N) is 3. The first kappa shape index (κ1) is 24.7. The van der Waals surface area contributed by atoms with E-state index in [1.54, 1.807) is 24.3 Å². The van der Waals surface area contributed by atoms with Gasteiger partial charge in [-0.3, -0.25) is 4.90 Å². The van der Waals surface area contributed by atoms with Crippen molar-refractivity contribution in [2.45, 2.75) is 38.1 Å². The summed E-state index contributed by atoms with van der Waals surface area (Å²) in [6.07, 6.45) is 5.52. The number of hydrogen-bond donors (Lipinski definition) is 2. The predicted molar refractivity (Wildman–Crippen MR) is 139 cm³/mol. The fraction of sp³-hybridized carbons (Fsp3) is 0.462. The lowest BCUT2D eigenvalue weighted by molar-refractivity contribution is 0.208. The van der Waals surface area contributed by atoms with Crippen LogP contribution in [0.15, 0.2) is 42.5 Å². The van der Waals surface area contributed by atoms with Crippen LogP contribution in [-0.2, 0) is 0 Å². The first-order chi connectivity index (χ1) is 16.5. The van der Waals surface area contributed by atoms with E-state index in [2.05, 4.69) is 26.5 Å². The summed E-state index contributed by atoms with van der Waals surface area (Å²) < 4.78 is 0. The van der Waals surface area contributed by atoms with E-state index < -0.39 is 0 Å². The smallest absolute Gasteiger partial charge is 0.319 e. The maximum absolute atomic E-state index is 12.3. The summed E-state index contributed by atoms with van der Waals surface area (Å²) in [5, 5.41) is 16.2. The molecule has 2 amide bonds. The molecule has 2 N–H and O–H groups in total. The minimum absolute atomic E-state index is 0.198. The normalized spacial score (nSPS) is 21.0. The van der Waals surface area contributed by atoms with E-state index in [0.717, 1.165) is 64.1 Å². The number of halogens is 2. The average Bonchev–Trinajstić information content (AvgIpc) is 2.86. The number of hydrogen-bond acceptors (Lipinski definition) is 4. The van der Waals surface area contributed by atoms with Crippen LogP contribution in [0, 0.1) is 17.2 Å². The summed E-state index contributed by atoms with van der Waals surface area (Å²) in [5.41, 5.74) is 2.21. The topological polar surface area (TPSA) is 71.4 Å². The first-order valence-electron chi connectivity index (χ1n) is 12.0. The number of anilines is 2. The molecule has 2 aromatic rings. The van der Waals surface area contributed by atoms with Crippen LogP contribution in [0.4, 0.5) is 16.2 Å². The maximum atomic E-state index is 12.3. The third-order valence-corrected chi connectivity index (χ3v) is 7.74. The summed E-state index contributed by atoms with van der Waals surface area (Å²) in [6.45, 7) is 5.11. The van der Waals surface area contributed by atoms with Gasteiger partial charge >= 0.3 is 6.03 Å². The van der Waals surface area contributed by atoms with Crippen LogP contribution in [0.5, 0.6) is 0 Å². The molecule has 0 aromatic heterocycles. The fourth-order valence-corrected chi connectivity index (χ4v) is 5.34. The van der Waals surface area contributed by atoms with Crippen molar-refractivity contribution in [2.75, 3.05) is 42.9 Å². The van der Waals surface area contributed by atoms with Gasteiger partial charge in [-0.2, -0.15) is 5.26 Å². The summed E-state index contributed by atoms with van der Waals surface area (Å²) in [7, 11) is 0. The predicted octanol–water partition coefficient (Wildman–Crippen LogP) is 5.76. The van der Waals surface area contributed by atoms with Crippen molar-refractivity contribution in [1.29, 1.82) is 5.26 Å². The first-order valence-corrected chi connectivity index (χ1v) is 12.8. The van der Waals surface area contributed by atoms with E-state index in [1.165, 1.54) is 6.42 Å². The molecule has 0 atom stereocenters. The van der Waals surface area contributed by atoms with Gasteiger partial charge < -0.3 is 15.5 Å². The van der Waals surface area contributed by atoms with Gasteiger partial charge in [-0.25, -0.2) is 4.79 Å². The molecular weight excluding hydrogens is 469 g/mol. The summed E-state index contributed by atoms with van der Waals surface area (Å²) in [5.74, 6) is 0.717. The molecule has 34 heavy (non-hydrogen) atoms. The number of carbonyl (C=O) groups is 1. The number of benzene rings is 2. The van der Waals surface area contributed by atoms with E-state index in [0.29, 0.717) is 27.2 Å². The van der Waals surface area contributed by atoms with E-state index in [-0.39, 0.29) is 12.1 Å². The highest BCUT2D eigenvalue weighted by Crippen LogP contribution is 2.33. The minimum Gasteiger partial charge on any atom is -0.368 e. The SMILES string of the molecule is N#Cc1cccc(NC(=O)NC2CCC(CCN3CCN(c4cccc(Cl)c4Cl)CC3)CC2)c1. The monoisotopic (exact) mass is 499 g/mol. The van der Waals surface area contributed by atoms with Crippen molar-refractivity contribution < 1.29 is 4.79 Å². The molecule has 2 aromatic carbocycles. The van der Waals surface area contributed by atoms with E-state index in [9.17, 15) is 4.79 Å². The Hall–Kier alpha value is -2.46. The van der Waals surface area contributed by atoms with Crippen molar-refractivity contribution in [3.63, 3.8) is 0 Å². The molecule has 1 saturated carbocycles. The number of amides is 2. The molecule has 0 bridgehead atoms. The summed E-state index contributed by atoms with van der Waals surface area (Å²) >= 11 is 12.6. The Kier molecular flexibility index (Phi) is 8.55. The molecule has 6 nitrogen and oxygen atoms in total. The molecule has 8 heteroatoms. The Morgan fingerprint density at radius 3 is 2.50 bits per heavy atom. The fourth-order valence-electron chi connectivity index (χ4n) is 4.93. The van der Waals surface area contributed by atoms with Crippen molar-refractivity contribution >= 4 is 40.6 Å². The van der Waals surface area contributed by atoms with Gasteiger partial charge in [0, 0.05) is 37.9 Å². The maximum Gasteiger partial charge on any atom is 0.319 e. The summed E-state index contributed by atoms with van der Waals surface area (Å²) in [6, 6.07) is 14.9. The lowest BCUT2D eigenvalue weighted by Gasteiger charge is -2.37. The van der Waals surface area contributed by atoms with Crippen LogP contribution < -0.4 is 15.5 Å². The summed E-state index contributed by atoms with van der Waals surface area (Å²) in [4.78, 5) is 17.2. The molecule has 2 fully saturated rings. The van der Waals surface area contributed by atoms with Gasteiger partial charge in [0.05, 0.1) is 27.4 Å². The second-order valence-corrected chi connectivity index (χ2v) is 9.98. The highest BCUT2D eigenvalue weighted by Gasteiger charge is 2.24. The molecule has 180 valence electrons. The number of carbonyl (C=O) groups excluding carboxylic acids is 1. The molecule has 4 rings (SSSR count). The van der Waals surface area contributed by atoms with Crippen LogP contribution in [0.3, 0.4) is 0 Å². The Labute approximate surface area is 211 Å². The lowest BCUT2D eigenvalue weighted by atomic mass is 9.84. The van der Waals surface area contributed by atoms with Crippen molar-refractivity contribution in [3.8, 4) is 6.07 Å². The van der Waals surface area contributed by atoms with E-state index in [4.69, 9.17) is 28.5 Å². The van der Waals surface area contributed by atoms with Crippen LogP contribution >= 0.6 is 23.2 Å². The molecule has 0 radical (unpaired) electrons. The lowest BCUT2D eigenvalue weighted by Crippen LogP contribution is -2.47. The van der Waals surface area contributed by atoms with Crippen LogP contribution in [0.25, 0.3) is 0 Å². The van der Waals surface area contributed by atoms with Gasteiger partial charge in [-0.05, 0) is 74.9 Å². The molecule has 1 aliphatic carbocycles. The Morgan fingerprint density at radius 2 is 1.76 bits per heavy atom. The second kappa shape index (κ2) is 11.8. The molecule has 1 saturated heterocycles. The van der Waals surface area contributed by atoms with E-state index >= 15 is 0 Å². The number of nitrogens with one attached hydrogen (secondary N) is 2. The Bertz CT molecular complexity index is 1020. The number of rotatable bonds is 6. The number of urea groups is 1. The minimum atomic E-state index is -0.198. The number of piperazine rings is 1. The van der Waals surface area contributed by atoms with Gasteiger partial charge in [0.2, 0.25) is 0 Å². The molecule has 1 aliphatic heterocycles. The van der Waals surface area contributed by atoms with Crippen molar-refractivity contribution in [3.05, 3.63) is 58.1 Å². The highest BCUT2D eigenvalue weighted by atomic mass is 35.5. The Balaban J connectivity index is 1.14. The van der Waals surface area contributed by atoms with Gasteiger partial charge in [0.15, 0.2) is 0 Å². The molecule has 0 spiro atoms. The zero-order valence-corrected chi connectivity index (χ0v) is 20.8. The third-order valence-electron chi connectivity index (χ3n) is 6.93. The van der Waals surface area contributed by atoms with Crippen LogP contribution in [0.1, 0.15) is 37.7 Å². The van der Waals surface area contributed by atoms with Crippen LogP contribution in [0.2, 0.25) is 10.0 Å². The van der Waals surface area contributed by atoms with Gasteiger partial charge in [0.25, 0.3) is 0 Å². The largest absolute Gasteiger partial charge is 0.368 e. The quantitative estimate of drug-likeness (QED) is 0.529. The molecular formula is C26H31Cl2N5O. The van der Waals surface area contributed by atoms with Crippen molar-refractivity contribution in [1.82, 2.24) is 10.2 Å². The standard InChI is InChI=1S/C26H31Cl2N5O/c27-23-5-2-6-24(25(23)28)33-15-13-32(14-16-33)12-11-19-7-9-21(10-8-19)30-26(34)31-22-4-1-3-20(17-22)18-29/h1-6,17,19,21H,7-16H2,(H2,30,31,34). The van der Waals surface area contributed by atoms with Crippen LogP contribution in [-0.4, -0.2) is 49.7 Å². The van der Waals surface area contributed by atoms with Crippen molar-refractivity contribution in [2.24, 2.45) is 5.92 Å².